The molecule has 24 heavy (non-hydrogen) atoms. The molecule has 0 bridgehead atoms. The Balaban J connectivity index is 1.68. The van der Waals surface area contributed by atoms with Crippen molar-refractivity contribution in [1.82, 2.24) is 10.2 Å². The molecule has 1 aromatic carbocycles. The SMILES string of the molecule is CC(=O)Nc1cccc(C(=O)N2CCC3(CC2)NC(=O)CC3=O)c1. The molecule has 2 heterocycles. The molecule has 3 amide bonds. The van der Waals surface area contributed by atoms with E-state index in [1.54, 1.807) is 29.2 Å². The van der Waals surface area contributed by atoms with Crippen LogP contribution in [-0.2, 0) is 14.4 Å². The third kappa shape index (κ3) is 3.02. The molecule has 1 aromatic rings. The standard InChI is InChI=1S/C17H19N3O4/c1-11(21)18-13-4-2-3-12(9-13)16(24)20-7-5-17(6-8-20)14(22)10-15(23)19-17/h2-4,9H,5-8,10H2,1H3,(H,18,21)(H,19,23). The lowest BCUT2D eigenvalue weighted by Gasteiger charge is -2.38. The lowest BCUT2D eigenvalue weighted by Crippen LogP contribution is -2.55. The van der Waals surface area contributed by atoms with Crippen LogP contribution in [-0.4, -0.2) is 47.0 Å². The number of Topliss-reactive ketones (excluding diaryl/α,β-unsaturated/α-hetero) is 1. The molecule has 0 atom stereocenters. The van der Waals surface area contributed by atoms with Gasteiger partial charge in [0.05, 0.1) is 6.42 Å². The van der Waals surface area contributed by atoms with Gasteiger partial charge in [0.15, 0.2) is 5.78 Å². The number of likely N-dealkylation sites (tertiary alicyclic amines) is 1. The van der Waals surface area contributed by atoms with E-state index in [2.05, 4.69) is 10.6 Å². The van der Waals surface area contributed by atoms with E-state index >= 15 is 0 Å². The Kier molecular flexibility index (Phi) is 4.09. The average Bonchev–Trinajstić information content (AvgIpc) is 2.80. The Bertz CT molecular complexity index is 720. The fourth-order valence-corrected chi connectivity index (χ4v) is 3.31. The van der Waals surface area contributed by atoms with E-state index in [1.165, 1.54) is 6.92 Å². The maximum atomic E-state index is 12.6. The highest BCUT2D eigenvalue weighted by atomic mass is 16.2. The van der Waals surface area contributed by atoms with Crippen molar-refractivity contribution in [1.29, 1.82) is 0 Å². The van der Waals surface area contributed by atoms with Gasteiger partial charge in [-0.25, -0.2) is 0 Å². The number of rotatable bonds is 2. The molecule has 126 valence electrons. The van der Waals surface area contributed by atoms with Crippen LogP contribution in [0.15, 0.2) is 24.3 Å². The lowest BCUT2D eigenvalue weighted by molar-refractivity contribution is -0.124. The second-order valence-electron chi connectivity index (χ2n) is 6.28. The van der Waals surface area contributed by atoms with Crippen LogP contribution in [0.3, 0.4) is 0 Å². The molecule has 2 aliphatic heterocycles. The van der Waals surface area contributed by atoms with Crippen LogP contribution in [0.5, 0.6) is 0 Å². The average molecular weight is 329 g/mol. The summed E-state index contributed by atoms with van der Waals surface area (Å²) in [6, 6.07) is 6.76. The van der Waals surface area contributed by atoms with Gasteiger partial charge in [0, 0.05) is 31.3 Å². The molecule has 3 rings (SSSR count). The van der Waals surface area contributed by atoms with Crippen molar-refractivity contribution >= 4 is 29.2 Å². The van der Waals surface area contributed by atoms with Crippen molar-refractivity contribution < 1.29 is 19.2 Å². The maximum absolute atomic E-state index is 12.6. The molecule has 2 fully saturated rings. The van der Waals surface area contributed by atoms with Crippen LogP contribution in [0.4, 0.5) is 5.69 Å². The van der Waals surface area contributed by atoms with Crippen LogP contribution >= 0.6 is 0 Å². The predicted octanol–water partition coefficient (Wildman–Crippen LogP) is 0.709. The van der Waals surface area contributed by atoms with E-state index in [-0.39, 0.29) is 29.9 Å². The number of nitrogens with one attached hydrogen (secondary N) is 2. The summed E-state index contributed by atoms with van der Waals surface area (Å²) in [5, 5.41) is 5.43. The normalized spacial score (nSPS) is 19.3. The Labute approximate surface area is 139 Å². The first kappa shape index (κ1) is 16.2. The van der Waals surface area contributed by atoms with Crippen LogP contribution in [0.2, 0.25) is 0 Å². The summed E-state index contributed by atoms with van der Waals surface area (Å²) in [5.41, 5.74) is 0.269. The van der Waals surface area contributed by atoms with Gasteiger partial charge in [-0.15, -0.1) is 0 Å². The summed E-state index contributed by atoms with van der Waals surface area (Å²) < 4.78 is 0. The molecule has 0 unspecified atom stereocenters. The van der Waals surface area contributed by atoms with Crippen LogP contribution in [0.1, 0.15) is 36.5 Å². The van der Waals surface area contributed by atoms with Gasteiger partial charge in [0.25, 0.3) is 5.91 Å². The third-order valence-corrected chi connectivity index (χ3v) is 4.57. The van der Waals surface area contributed by atoms with Gasteiger partial charge in [-0.1, -0.05) is 6.07 Å². The van der Waals surface area contributed by atoms with Crippen LogP contribution < -0.4 is 10.6 Å². The fraction of sp³-hybridized carbons (Fsp3) is 0.412. The Morgan fingerprint density at radius 2 is 1.92 bits per heavy atom. The van der Waals surface area contributed by atoms with Gasteiger partial charge >= 0.3 is 0 Å². The molecule has 7 nitrogen and oxygen atoms in total. The quantitative estimate of drug-likeness (QED) is 0.781. The number of carbonyl (C=O) groups excluding carboxylic acids is 4. The fourth-order valence-electron chi connectivity index (χ4n) is 3.31. The van der Waals surface area contributed by atoms with Crippen molar-refractivity contribution in [3.63, 3.8) is 0 Å². The van der Waals surface area contributed by atoms with E-state index < -0.39 is 5.54 Å². The predicted molar refractivity (Wildman–Crippen MR) is 86.4 cm³/mol. The molecule has 2 aliphatic rings. The molecular formula is C17H19N3O4. The number of hydrogen-bond donors (Lipinski definition) is 2. The highest BCUT2D eigenvalue weighted by molar-refractivity contribution is 6.10. The molecule has 2 saturated heterocycles. The highest BCUT2D eigenvalue weighted by Crippen LogP contribution is 2.29. The van der Waals surface area contributed by atoms with Crippen molar-refractivity contribution in [2.24, 2.45) is 0 Å². The summed E-state index contributed by atoms with van der Waals surface area (Å²) in [7, 11) is 0. The van der Waals surface area contributed by atoms with Crippen molar-refractivity contribution in [2.45, 2.75) is 31.7 Å². The zero-order chi connectivity index (χ0) is 17.3. The van der Waals surface area contributed by atoms with Crippen LogP contribution in [0.25, 0.3) is 0 Å². The Morgan fingerprint density at radius 3 is 2.50 bits per heavy atom. The smallest absolute Gasteiger partial charge is 0.253 e. The molecule has 0 saturated carbocycles. The summed E-state index contributed by atoms with van der Waals surface area (Å²) >= 11 is 0. The number of nitrogens with zero attached hydrogens (tertiary/aromatic N) is 1. The van der Waals surface area contributed by atoms with Gasteiger partial charge in [-0.2, -0.15) is 0 Å². The molecular weight excluding hydrogens is 310 g/mol. The van der Waals surface area contributed by atoms with Gasteiger partial charge in [-0.05, 0) is 31.0 Å². The van der Waals surface area contributed by atoms with Gasteiger partial charge < -0.3 is 15.5 Å². The first-order valence-corrected chi connectivity index (χ1v) is 7.91. The monoisotopic (exact) mass is 329 g/mol. The number of piperidine rings is 1. The van der Waals surface area contributed by atoms with E-state index in [0.29, 0.717) is 37.2 Å². The number of ketones is 1. The number of anilines is 1. The third-order valence-electron chi connectivity index (χ3n) is 4.57. The van der Waals surface area contributed by atoms with Crippen molar-refractivity contribution in [3.05, 3.63) is 29.8 Å². The summed E-state index contributed by atoms with van der Waals surface area (Å²) in [6.07, 6.45) is 0.816. The van der Waals surface area contributed by atoms with E-state index in [0.717, 1.165) is 0 Å². The molecule has 2 N–H and O–H groups in total. The Hall–Kier alpha value is -2.70. The molecule has 0 aliphatic carbocycles. The number of benzene rings is 1. The van der Waals surface area contributed by atoms with Gasteiger partial charge in [0.1, 0.15) is 5.54 Å². The number of carbonyl (C=O) groups is 4. The molecule has 7 heteroatoms. The van der Waals surface area contributed by atoms with Gasteiger partial charge in [0.2, 0.25) is 11.8 Å². The summed E-state index contributed by atoms with van der Waals surface area (Å²) in [4.78, 5) is 48.9. The highest BCUT2D eigenvalue weighted by Gasteiger charge is 2.47. The minimum absolute atomic E-state index is 0.0628. The van der Waals surface area contributed by atoms with Crippen molar-refractivity contribution in [3.8, 4) is 0 Å². The van der Waals surface area contributed by atoms with Crippen molar-refractivity contribution in [2.75, 3.05) is 18.4 Å². The topological polar surface area (TPSA) is 95.6 Å². The van der Waals surface area contributed by atoms with E-state index in [9.17, 15) is 19.2 Å². The largest absolute Gasteiger partial charge is 0.343 e. The van der Waals surface area contributed by atoms with Crippen LogP contribution in [0, 0.1) is 0 Å². The van der Waals surface area contributed by atoms with E-state index in [4.69, 9.17) is 0 Å². The molecule has 0 radical (unpaired) electrons. The zero-order valence-corrected chi connectivity index (χ0v) is 13.4. The van der Waals surface area contributed by atoms with Gasteiger partial charge in [-0.3, -0.25) is 19.2 Å². The maximum Gasteiger partial charge on any atom is 0.253 e. The molecule has 1 spiro atoms. The minimum Gasteiger partial charge on any atom is -0.343 e. The summed E-state index contributed by atoms with van der Waals surface area (Å²) in [5.74, 6) is -0.654. The first-order chi connectivity index (χ1) is 11.4. The zero-order valence-electron chi connectivity index (χ0n) is 13.4. The molecule has 0 aromatic heterocycles. The minimum atomic E-state index is -0.786. The first-order valence-electron chi connectivity index (χ1n) is 7.91. The number of amides is 3. The Morgan fingerprint density at radius 1 is 1.21 bits per heavy atom. The number of hydrogen-bond acceptors (Lipinski definition) is 4. The lowest BCUT2D eigenvalue weighted by atomic mass is 9.85. The second-order valence-corrected chi connectivity index (χ2v) is 6.28. The summed E-state index contributed by atoms with van der Waals surface area (Å²) in [6.45, 7) is 2.23. The van der Waals surface area contributed by atoms with E-state index in [1.807, 2.05) is 0 Å². The second kappa shape index (κ2) is 6.07.